The van der Waals surface area contributed by atoms with Crippen LogP contribution in [0.25, 0.3) is 5.65 Å². The molecule has 1 saturated carbocycles. The Bertz CT molecular complexity index is 1000. The number of aryl methyl sites for hydroxylation is 1. The summed E-state index contributed by atoms with van der Waals surface area (Å²) in [7, 11) is 0. The molecule has 0 aromatic carbocycles. The summed E-state index contributed by atoms with van der Waals surface area (Å²) in [5.74, 6) is 0.478. The number of imidazole rings is 1. The predicted molar refractivity (Wildman–Crippen MR) is 104 cm³/mol. The summed E-state index contributed by atoms with van der Waals surface area (Å²) in [6, 6.07) is 8.24. The van der Waals surface area contributed by atoms with Crippen LogP contribution in [-0.4, -0.2) is 44.5 Å². The first-order chi connectivity index (χ1) is 13.7. The zero-order valence-electron chi connectivity index (χ0n) is 16.1. The lowest BCUT2D eigenvalue weighted by Crippen LogP contribution is -2.34. The summed E-state index contributed by atoms with van der Waals surface area (Å²) in [4.78, 5) is 19.3. The molecule has 1 atom stereocenters. The third-order valence-corrected chi connectivity index (χ3v) is 5.79. The lowest BCUT2D eigenvalue weighted by atomic mass is 9.94. The maximum Gasteiger partial charge on any atom is 0.290 e. The van der Waals surface area contributed by atoms with Crippen LogP contribution in [0.4, 0.5) is 0 Å². The molecule has 0 spiro atoms. The van der Waals surface area contributed by atoms with Gasteiger partial charge in [-0.3, -0.25) is 9.69 Å². The molecule has 0 radical (unpaired) electrons. The molecule has 0 bridgehead atoms. The van der Waals surface area contributed by atoms with E-state index >= 15 is 0 Å². The number of hydrogen-bond acceptors (Lipinski definition) is 5. The molecule has 2 fully saturated rings. The van der Waals surface area contributed by atoms with Crippen molar-refractivity contribution in [1.29, 1.82) is 0 Å². The number of piperidine rings is 1. The van der Waals surface area contributed by atoms with Gasteiger partial charge in [0.25, 0.3) is 5.91 Å². The Labute approximate surface area is 163 Å². The van der Waals surface area contributed by atoms with Crippen molar-refractivity contribution in [2.24, 2.45) is 0 Å². The van der Waals surface area contributed by atoms with Gasteiger partial charge >= 0.3 is 0 Å². The second-order valence-corrected chi connectivity index (χ2v) is 8.01. The van der Waals surface area contributed by atoms with Crippen LogP contribution in [0.2, 0.25) is 0 Å². The van der Waals surface area contributed by atoms with Gasteiger partial charge in [-0.2, -0.15) is 0 Å². The number of fused-ring (bicyclic) bond motifs is 1. The Morgan fingerprint density at radius 2 is 2.21 bits per heavy atom. The summed E-state index contributed by atoms with van der Waals surface area (Å²) in [6.07, 6.45) is 6.38. The van der Waals surface area contributed by atoms with Gasteiger partial charge in [0, 0.05) is 37.3 Å². The summed E-state index contributed by atoms with van der Waals surface area (Å²) in [5.41, 5.74) is 4.20. The molecular weight excluding hydrogens is 354 g/mol. The summed E-state index contributed by atoms with van der Waals surface area (Å²) in [5, 5.41) is 7.16. The van der Waals surface area contributed by atoms with Crippen molar-refractivity contribution in [2.45, 2.75) is 51.1 Å². The molecule has 146 valence electrons. The molecule has 2 aliphatic rings. The van der Waals surface area contributed by atoms with Crippen molar-refractivity contribution >= 4 is 11.6 Å². The second kappa shape index (κ2) is 7.05. The van der Waals surface area contributed by atoms with E-state index in [2.05, 4.69) is 37.9 Å². The van der Waals surface area contributed by atoms with Gasteiger partial charge in [0.1, 0.15) is 5.65 Å². The highest BCUT2D eigenvalue weighted by atomic mass is 16.5. The number of rotatable bonds is 5. The number of aromatic nitrogens is 3. The largest absolute Gasteiger partial charge is 0.351 e. The fourth-order valence-corrected chi connectivity index (χ4v) is 4.08. The Morgan fingerprint density at radius 1 is 1.32 bits per heavy atom. The minimum Gasteiger partial charge on any atom is -0.351 e. The molecule has 1 amide bonds. The molecule has 1 saturated heterocycles. The number of carbonyl (C=O) groups is 1. The van der Waals surface area contributed by atoms with E-state index in [1.807, 2.05) is 24.3 Å². The zero-order chi connectivity index (χ0) is 19.1. The molecule has 3 aromatic rings. The van der Waals surface area contributed by atoms with E-state index in [1.54, 1.807) is 0 Å². The number of hydrogen-bond donors (Lipinski definition) is 1. The van der Waals surface area contributed by atoms with Crippen molar-refractivity contribution in [3.8, 4) is 0 Å². The normalized spacial score (nSPS) is 20.5. The molecule has 5 rings (SSSR count). The maximum absolute atomic E-state index is 12.2. The van der Waals surface area contributed by atoms with E-state index in [0.29, 0.717) is 17.7 Å². The van der Waals surface area contributed by atoms with Gasteiger partial charge in [-0.15, -0.1) is 0 Å². The van der Waals surface area contributed by atoms with Crippen molar-refractivity contribution in [2.75, 3.05) is 13.1 Å². The van der Waals surface area contributed by atoms with Crippen LogP contribution in [0.1, 0.15) is 59.2 Å². The molecular formula is C21H25N5O2. The topological polar surface area (TPSA) is 75.7 Å². The van der Waals surface area contributed by atoms with Crippen LogP contribution >= 0.6 is 0 Å². The number of nitrogens with one attached hydrogen (secondary N) is 1. The van der Waals surface area contributed by atoms with Crippen LogP contribution < -0.4 is 5.32 Å². The molecule has 1 aliphatic heterocycles. The standard InChI is InChI=1S/C21H25N5O2/c1-14-18(26-10-3-2-6-20(26)22-14)13-25-9-4-5-15(12-25)17-11-19(28-24-17)21(27)23-16-7-8-16/h2-3,6,10-11,15-16H,4-5,7-9,12-13H2,1H3,(H,23,27)/t15-/m0/s1. The van der Waals surface area contributed by atoms with Crippen LogP contribution in [0.5, 0.6) is 0 Å². The first-order valence-corrected chi connectivity index (χ1v) is 10.1. The van der Waals surface area contributed by atoms with Gasteiger partial charge in [0.2, 0.25) is 5.76 Å². The number of amides is 1. The van der Waals surface area contributed by atoms with Gasteiger partial charge in [0.05, 0.1) is 17.1 Å². The fourth-order valence-electron chi connectivity index (χ4n) is 4.08. The van der Waals surface area contributed by atoms with E-state index in [-0.39, 0.29) is 5.91 Å². The average Bonchev–Trinajstić information content (AvgIpc) is 3.27. The van der Waals surface area contributed by atoms with Gasteiger partial charge < -0.3 is 14.2 Å². The summed E-state index contributed by atoms with van der Waals surface area (Å²) in [6.45, 7) is 4.91. The number of nitrogens with zero attached hydrogens (tertiary/aromatic N) is 4. The third kappa shape index (κ3) is 3.42. The van der Waals surface area contributed by atoms with Crippen LogP contribution in [0, 0.1) is 6.92 Å². The van der Waals surface area contributed by atoms with E-state index in [0.717, 1.165) is 62.4 Å². The fraction of sp³-hybridized carbons (Fsp3) is 0.476. The summed E-state index contributed by atoms with van der Waals surface area (Å²) >= 11 is 0. The van der Waals surface area contributed by atoms with Crippen molar-refractivity contribution in [1.82, 2.24) is 24.8 Å². The smallest absolute Gasteiger partial charge is 0.290 e. The van der Waals surface area contributed by atoms with Crippen LogP contribution in [0.15, 0.2) is 35.0 Å². The molecule has 0 unspecified atom stereocenters. The third-order valence-electron chi connectivity index (χ3n) is 5.79. The van der Waals surface area contributed by atoms with Gasteiger partial charge in [-0.1, -0.05) is 11.2 Å². The van der Waals surface area contributed by atoms with E-state index in [1.165, 1.54) is 5.69 Å². The molecule has 28 heavy (non-hydrogen) atoms. The highest BCUT2D eigenvalue weighted by Crippen LogP contribution is 2.28. The van der Waals surface area contributed by atoms with E-state index < -0.39 is 0 Å². The second-order valence-electron chi connectivity index (χ2n) is 8.01. The maximum atomic E-state index is 12.2. The SMILES string of the molecule is Cc1nc2ccccn2c1CN1CCC[C@H](c2cc(C(=O)NC3CC3)on2)C1. The lowest BCUT2D eigenvalue weighted by molar-refractivity contribution is 0.0913. The number of carbonyl (C=O) groups excluding carboxylic acids is 1. The Hall–Kier alpha value is -2.67. The first kappa shape index (κ1) is 17.4. The predicted octanol–water partition coefficient (Wildman–Crippen LogP) is 2.90. The van der Waals surface area contributed by atoms with E-state index in [4.69, 9.17) is 4.52 Å². The van der Waals surface area contributed by atoms with Gasteiger partial charge in [-0.25, -0.2) is 4.98 Å². The molecule has 3 aromatic heterocycles. The molecule has 7 heteroatoms. The first-order valence-electron chi connectivity index (χ1n) is 10.1. The molecule has 1 N–H and O–H groups in total. The average molecular weight is 379 g/mol. The molecule has 4 heterocycles. The Morgan fingerprint density at radius 3 is 3.07 bits per heavy atom. The molecule has 7 nitrogen and oxygen atoms in total. The minimum absolute atomic E-state index is 0.143. The minimum atomic E-state index is -0.143. The lowest BCUT2D eigenvalue weighted by Gasteiger charge is -2.31. The Kier molecular flexibility index (Phi) is 4.39. The summed E-state index contributed by atoms with van der Waals surface area (Å²) < 4.78 is 7.51. The van der Waals surface area contributed by atoms with Crippen molar-refractivity contribution in [3.05, 3.63) is 53.3 Å². The molecule has 1 aliphatic carbocycles. The quantitative estimate of drug-likeness (QED) is 0.738. The van der Waals surface area contributed by atoms with Crippen LogP contribution in [-0.2, 0) is 6.54 Å². The van der Waals surface area contributed by atoms with Crippen molar-refractivity contribution in [3.63, 3.8) is 0 Å². The highest BCUT2D eigenvalue weighted by Gasteiger charge is 2.28. The Balaban J connectivity index is 1.29. The van der Waals surface area contributed by atoms with Crippen molar-refractivity contribution < 1.29 is 9.32 Å². The monoisotopic (exact) mass is 379 g/mol. The van der Waals surface area contributed by atoms with Crippen LogP contribution in [0.3, 0.4) is 0 Å². The van der Waals surface area contributed by atoms with Gasteiger partial charge in [-0.05, 0) is 51.3 Å². The highest BCUT2D eigenvalue weighted by molar-refractivity contribution is 5.91. The zero-order valence-corrected chi connectivity index (χ0v) is 16.1. The van der Waals surface area contributed by atoms with E-state index in [9.17, 15) is 4.79 Å². The van der Waals surface area contributed by atoms with Gasteiger partial charge in [0.15, 0.2) is 0 Å². The number of pyridine rings is 1. The number of likely N-dealkylation sites (tertiary alicyclic amines) is 1.